The Balaban J connectivity index is 0.000000290. The Morgan fingerprint density at radius 3 is 2.11 bits per heavy atom. The molecule has 5 aromatic rings. The number of aliphatic hydroxyl groups is 1. The molecular formula is C41H49IrN2O3-. The van der Waals surface area contributed by atoms with Crippen molar-refractivity contribution >= 4 is 27.5 Å². The van der Waals surface area contributed by atoms with E-state index in [2.05, 4.69) is 73.2 Å². The van der Waals surface area contributed by atoms with Gasteiger partial charge in [0.15, 0.2) is 5.78 Å². The molecule has 1 N–H and O–H groups in total. The Morgan fingerprint density at radius 2 is 1.47 bits per heavy atom. The molecule has 0 spiro atoms. The fourth-order valence-electron chi connectivity index (χ4n) is 5.52. The first kappa shape index (κ1) is 37.9. The number of allylic oxidation sites excluding steroid dienone is 2. The third-order valence-corrected chi connectivity index (χ3v) is 9.87. The molecule has 3 heterocycles. The summed E-state index contributed by atoms with van der Waals surface area (Å²) in [5.74, 6) is 0.286. The number of aromatic nitrogens is 2. The van der Waals surface area contributed by atoms with Gasteiger partial charge in [-0.25, -0.2) is 0 Å². The van der Waals surface area contributed by atoms with Crippen molar-refractivity contribution in [2.45, 2.75) is 93.4 Å². The molecule has 3 aromatic heterocycles. The minimum Gasteiger partial charge on any atom is -0.512 e. The number of benzene rings is 2. The summed E-state index contributed by atoms with van der Waals surface area (Å²) in [5, 5.41) is 13.5. The van der Waals surface area contributed by atoms with Crippen molar-refractivity contribution < 1.29 is 34.4 Å². The van der Waals surface area contributed by atoms with Gasteiger partial charge in [-0.3, -0.25) is 14.8 Å². The number of hydrogen-bond donors (Lipinski definition) is 1. The Kier molecular flexibility index (Phi) is 12.5. The van der Waals surface area contributed by atoms with E-state index in [0.29, 0.717) is 0 Å². The van der Waals surface area contributed by atoms with Gasteiger partial charge in [0.2, 0.25) is 0 Å². The van der Waals surface area contributed by atoms with Gasteiger partial charge < -0.3 is 9.52 Å². The van der Waals surface area contributed by atoms with Gasteiger partial charge in [0.25, 0.3) is 0 Å². The number of carbonyl (C=O) groups is 1. The molecule has 5 nitrogen and oxygen atoms in total. The van der Waals surface area contributed by atoms with E-state index in [0.717, 1.165) is 64.6 Å². The Bertz CT molecular complexity index is 1840. The second kappa shape index (κ2) is 15.5. The number of furan rings is 1. The fourth-order valence-corrected chi connectivity index (χ4v) is 5.52. The van der Waals surface area contributed by atoms with E-state index < -0.39 is 0 Å². The van der Waals surface area contributed by atoms with Crippen molar-refractivity contribution in [2.75, 3.05) is 0 Å². The number of fused-ring (bicyclic) bond motifs is 2. The summed E-state index contributed by atoms with van der Waals surface area (Å²) in [6, 6.07) is 22.1. The zero-order valence-corrected chi connectivity index (χ0v) is 31.7. The fraction of sp³-hybridized carbons (Fsp3) is 0.390. The maximum Gasteiger partial charge on any atom is 0.164 e. The van der Waals surface area contributed by atoms with Gasteiger partial charge in [-0.05, 0) is 54.9 Å². The molecule has 0 amide bonds. The average molecular weight is 810 g/mol. The zero-order valence-electron chi connectivity index (χ0n) is 29.3. The quantitative estimate of drug-likeness (QED) is 0.0912. The van der Waals surface area contributed by atoms with Crippen LogP contribution in [0.1, 0.15) is 93.6 Å². The van der Waals surface area contributed by atoms with Crippen LogP contribution in [0, 0.1) is 16.9 Å². The monoisotopic (exact) mass is 810 g/mol. The summed E-state index contributed by atoms with van der Waals surface area (Å²) >= 11 is 0. The van der Waals surface area contributed by atoms with Crippen LogP contribution in [0.4, 0.5) is 0 Å². The average Bonchev–Trinajstić information content (AvgIpc) is 3.56. The molecule has 2 aromatic carbocycles. The number of ketones is 1. The maximum absolute atomic E-state index is 12.2. The van der Waals surface area contributed by atoms with Crippen LogP contribution in [0.3, 0.4) is 0 Å². The van der Waals surface area contributed by atoms with E-state index in [1.807, 2.05) is 65.9 Å². The first-order valence-electron chi connectivity index (χ1n) is 16.5. The van der Waals surface area contributed by atoms with Crippen molar-refractivity contribution in [3.05, 3.63) is 96.7 Å². The van der Waals surface area contributed by atoms with Gasteiger partial charge in [-0.1, -0.05) is 97.5 Å². The second-order valence-corrected chi connectivity index (χ2v) is 13.7. The Hall–Kier alpha value is -3.60. The minimum absolute atomic E-state index is 0. The van der Waals surface area contributed by atoms with Crippen LogP contribution >= 0.6 is 0 Å². The van der Waals surface area contributed by atoms with Crippen LogP contribution in [0.2, 0.25) is 0 Å². The molecule has 0 fully saturated rings. The number of aliphatic hydroxyl groups excluding tert-OH is 1. The smallest absolute Gasteiger partial charge is 0.164 e. The van der Waals surface area contributed by atoms with Crippen LogP contribution in [0.5, 0.6) is 0 Å². The van der Waals surface area contributed by atoms with Crippen molar-refractivity contribution in [3.63, 3.8) is 0 Å². The molecule has 0 aliphatic carbocycles. The Labute approximate surface area is 294 Å². The van der Waals surface area contributed by atoms with Gasteiger partial charge >= 0.3 is 0 Å². The number of hydrogen-bond acceptors (Lipinski definition) is 5. The summed E-state index contributed by atoms with van der Waals surface area (Å²) in [7, 11) is 0. The summed E-state index contributed by atoms with van der Waals surface area (Å²) in [4.78, 5) is 21.4. The summed E-state index contributed by atoms with van der Waals surface area (Å²) in [6.07, 6.45) is 10.1. The normalized spacial score (nSPS) is 12.4. The van der Waals surface area contributed by atoms with E-state index in [-0.39, 0.29) is 47.9 Å². The number of rotatable bonds is 9. The van der Waals surface area contributed by atoms with Crippen molar-refractivity contribution in [1.82, 2.24) is 9.97 Å². The predicted octanol–water partition coefficient (Wildman–Crippen LogP) is 11.5. The van der Waals surface area contributed by atoms with E-state index in [1.54, 1.807) is 12.5 Å². The SMILES string of the molecule is CC(C)(C)c1cc(-c2cc(-c3nccc4occc34)ccn2)[c-]c2ccccc12.CCC(C)(CC)C(=O)/C=C(\O)C(C)(CC)CC.[Ir]. The van der Waals surface area contributed by atoms with E-state index >= 15 is 0 Å². The largest absolute Gasteiger partial charge is 0.512 e. The molecule has 0 bridgehead atoms. The predicted molar refractivity (Wildman–Crippen MR) is 191 cm³/mol. The van der Waals surface area contributed by atoms with Crippen molar-refractivity contribution in [2.24, 2.45) is 10.8 Å². The van der Waals surface area contributed by atoms with E-state index in [9.17, 15) is 9.90 Å². The van der Waals surface area contributed by atoms with Crippen LogP contribution in [0.15, 0.2) is 89.5 Å². The van der Waals surface area contributed by atoms with E-state index in [1.165, 1.54) is 17.0 Å². The van der Waals surface area contributed by atoms with E-state index in [4.69, 9.17) is 4.42 Å². The molecule has 5 rings (SSSR count). The zero-order chi connectivity index (χ0) is 33.7. The molecule has 1 radical (unpaired) electrons. The molecule has 0 aliphatic heterocycles. The first-order chi connectivity index (χ1) is 21.8. The third-order valence-electron chi connectivity index (χ3n) is 9.87. The number of nitrogens with zero attached hydrogens (tertiary/aromatic N) is 2. The summed E-state index contributed by atoms with van der Waals surface area (Å²) in [6.45, 7) is 18.8. The Morgan fingerprint density at radius 1 is 0.830 bits per heavy atom. The minimum atomic E-state index is -0.337. The van der Waals surface area contributed by atoms with Gasteiger partial charge in [0, 0.05) is 60.5 Å². The topological polar surface area (TPSA) is 76.2 Å². The van der Waals surface area contributed by atoms with Crippen LogP contribution in [-0.2, 0) is 30.3 Å². The standard InChI is InChI=1S/C26H21N2O.C15H28O2.Ir/c1-26(2,3)22-15-19(14-17-6-4-5-7-20(17)22)23-16-18(8-11-27-23)25-21-10-13-29-24(21)9-12-28-25;1-7-14(5,8-2)12(16)11-13(17)15(6,9-3)10-4;/h4-13,15-16H,1-3H3;11,16H,7-10H2,1-6H3;/q-1;;/b;12-11-;. The van der Waals surface area contributed by atoms with Crippen LogP contribution in [-0.4, -0.2) is 20.9 Å². The van der Waals surface area contributed by atoms with Gasteiger partial charge in [-0.15, -0.1) is 29.1 Å². The van der Waals surface area contributed by atoms with Crippen LogP contribution in [0.25, 0.3) is 44.3 Å². The summed E-state index contributed by atoms with van der Waals surface area (Å²) in [5.41, 5.74) is 5.35. The summed E-state index contributed by atoms with van der Waals surface area (Å²) < 4.78 is 5.53. The third kappa shape index (κ3) is 8.28. The molecule has 0 aliphatic rings. The van der Waals surface area contributed by atoms with Crippen molar-refractivity contribution in [1.29, 1.82) is 0 Å². The molecular weight excluding hydrogens is 761 g/mol. The molecule has 0 atom stereocenters. The van der Waals surface area contributed by atoms with Gasteiger partial charge in [-0.2, -0.15) is 0 Å². The molecule has 6 heteroatoms. The molecule has 0 saturated carbocycles. The number of pyridine rings is 2. The molecule has 47 heavy (non-hydrogen) atoms. The van der Waals surface area contributed by atoms with Crippen LogP contribution < -0.4 is 0 Å². The molecule has 0 saturated heterocycles. The van der Waals surface area contributed by atoms with Gasteiger partial charge in [0.05, 0.1) is 12.0 Å². The number of carbonyl (C=O) groups excluding carboxylic acids is 1. The first-order valence-corrected chi connectivity index (χ1v) is 16.5. The van der Waals surface area contributed by atoms with Gasteiger partial charge in [0.1, 0.15) is 11.3 Å². The second-order valence-electron chi connectivity index (χ2n) is 13.7. The molecule has 0 unspecified atom stereocenters. The molecule has 251 valence electrons. The van der Waals surface area contributed by atoms with Crippen molar-refractivity contribution in [3.8, 4) is 22.5 Å². The maximum atomic E-state index is 12.2.